The molecule has 0 radical (unpaired) electrons. The van der Waals surface area contributed by atoms with E-state index in [2.05, 4.69) is 37.1 Å². The first-order chi connectivity index (χ1) is 8.56. The van der Waals surface area contributed by atoms with Gasteiger partial charge in [0.05, 0.1) is 11.4 Å². The topological polar surface area (TPSA) is 47.1 Å². The second-order valence-corrected chi connectivity index (χ2v) is 5.60. The van der Waals surface area contributed by atoms with Gasteiger partial charge in [0, 0.05) is 25.9 Å². The molecule has 4 nitrogen and oxygen atoms in total. The van der Waals surface area contributed by atoms with E-state index in [0.717, 1.165) is 42.2 Å². The van der Waals surface area contributed by atoms with Gasteiger partial charge in [0.1, 0.15) is 5.82 Å². The van der Waals surface area contributed by atoms with Crippen LogP contribution >= 0.6 is 11.8 Å². The van der Waals surface area contributed by atoms with E-state index in [4.69, 9.17) is 5.73 Å². The number of aryl methyl sites for hydroxylation is 2. The zero-order chi connectivity index (χ0) is 13.7. The number of thioether (sulfide) groups is 1. The maximum atomic E-state index is 6.25. The van der Waals surface area contributed by atoms with Crippen LogP contribution in [0.5, 0.6) is 0 Å². The lowest BCUT2D eigenvalue weighted by molar-refractivity contribution is 0.635. The summed E-state index contributed by atoms with van der Waals surface area (Å²) >= 11 is 1.87. The molecule has 0 bridgehead atoms. The molecule has 0 spiro atoms. The van der Waals surface area contributed by atoms with Crippen molar-refractivity contribution in [1.82, 2.24) is 9.78 Å². The Morgan fingerprint density at radius 2 is 2.11 bits per heavy atom. The third kappa shape index (κ3) is 3.13. The van der Waals surface area contributed by atoms with E-state index >= 15 is 0 Å². The molecular formula is C13H26N4S. The summed E-state index contributed by atoms with van der Waals surface area (Å²) in [4.78, 5) is 2.28. The van der Waals surface area contributed by atoms with Crippen LogP contribution in [0, 0.1) is 0 Å². The summed E-state index contributed by atoms with van der Waals surface area (Å²) in [5, 5.41) is 4.54. The van der Waals surface area contributed by atoms with Crippen LogP contribution in [-0.2, 0) is 13.5 Å². The first kappa shape index (κ1) is 15.2. The standard InChI is InChI=1S/C13H26N4S/c1-6-8-11-12(14)13(17(4)15-11)16(3)10(7-2)9-18-5/h10H,6-9,14H2,1-5H3. The molecule has 0 aliphatic heterocycles. The first-order valence-corrected chi connectivity index (χ1v) is 7.99. The Bertz CT molecular complexity index is 375. The van der Waals surface area contributed by atoms with Crippen molar-refractivity contribution in [2.45, 2.75) is 39.2 Å². The highest BCUT2D eigenvalue weighted by molar-refractivity contribution is 7.98. The third-order valence-corrected chi connectivity index (χ3v) is 4.05. The van der Waals surface area contributed by atoms with Gasteiger partial charge in [0.25, 0.3) is 0 Å². The van der Waals surface area contributed by atoms with E-state index in [0.29, 0.717) is 6.04 Å². The Kier molecular flexibility index (Phi) is 5.85. The lowest BCUT2D eigenvalue weighted by Crippen LogP contribution is -2.35. The summed E-state index contributed by atoms with van der Waals surface area (Å²) in [7, 11) is 4.10. The molecule has 0 fully saturated rings. The number of rotatable bonds is 7. The number of nitrogens with zero attached hydrogens (tertiary/aromatic N) is 3. The monoisotopic (exact) mass is 270 g/mol. The van der Waals surface area contributed by atoms with Crippen molar-refractivity contribution in [3.8, 4) is 0 Å². The predicted molar refractivity (Wildman–Crippen MR) is 82.5 cm³/mol. The minimum Gasteiger partial charge on any atom is -0.394 e. The highest BCUT2D eigenvalue weighted by Crippen LogP contribution is 2.28. The number of nitrogens with two attached hydrogens (primary N) is 1. The normalized spacial score (nSPS) is 12.7. The van der Waals surface area contributed by atoms with Gasteiger partial charge in [-0.2, -0.15) is 16.9 Å². The summed E-state index contributed by atoms with van der Waals surface area (Å²) in [5.41, 5.74) is 8.13. The average molecular weight is 270 g/mol. The summed E-state index contributed by atoms with van der Waals surface area (Å²) in [6.07, 6.45) is 5.29. The minimum absolute atomic E-state index is 0.507. The van der Waals surface area contributed by atoms with Gasteiger partial charge in [-0.25, -0.2) is 0 Å². The van der Waals surface area contributed by atoms with Gasteiger partial charge in [-0.3, -0.25) is 4.68 Å². The Balaban J connectivity index is 3.00. The van der Waals surface area contributed by atoms with Gasteiger partial charge >= 0.3 is 0 Å². The maximum Gasteiger partial charge on any atom is 0.150 e. The van der Waals surface area contributed by atoms with E-state index in [1.807, 2.05) is 23.5 Å². The molecule has 5 heteroatoms. The molecule has 1 rings (SSSR count). The number of hydrogen-bond donors (Lipinski definition) is 1. The zero-order valence-corrected chi connectivity index (χ0v) is 13.0. The predicted octanol–water partition coefficient (Wildman–Crippen LogP) is 2.53. The van der Waals surface area contributed by atoms with Crippen LogP contribution in [0.4, 0.5) is 11.5 Å². The van der Waals surface area contributed by atoms with Crippen molar-refractivity contribution >= 4 is 23.3 Å². The lowest BCUT2D eigenvalue weighted by Gasteiger charge is -2.29. The SMILES string of the molecule is CCCc1nn(C)c(N(C)C(CC)CSC)c1N. The summed E-state index contributed by atoms with van der Waals surface area (Å²) in [6.45, 7) is 4.37. The van der Waals surface area contributed by atoms with E-state index in [-0.39, 0.29) is 0 Å². The highest BCUT2D eigenvalue weighted by atomic mass is 32.2. The molecular weight excluding hydrogens is 244 g/mol. The smallest absolute Gasteiger partial charge is 0.150 e. The fourth-order valence-corrected chi connectivity index (χ4v) is 3.14. The van der Waals surface area contributed by atoms with E-state index in [1.165, 1.54) is 0 Å². The minimum atomic E-state index is 0.507. The molecule has 1 atom stereocenters. The van der Waals surface area contributed by atoms with Gasteiger partial charge in [0.15, 0.2) is 0 Å². The first-order valence-electron chi connectivity index (χ1n) is 6.59. The largest absolute Gasteiger partial charge is 0.394 e. The maximum absolute atomic E-state index is 6.25. The van der Waals surface area contributed by atoms with Gasteiger partial charge in [-0.15, -0.1) is 0 Å². The van der Waals surface area contributed by atoms with Crippen LogP contribution in [0.25, 0.3) is 0 Å². The molecule has 18 heavy (non-hydrogen) atoms. The van der Waals surface area contributed by atoms with Gasteiger partial charge in [0.2, 0.25) is 0 Å². The van der Waals surface area contributed by atoms with Crippen molar-refractivity contribution in [1.29, 1.82) is 0 Å². The van der Waals surface area contributed by atoms with Crippen molar-refractivity contribution in [2.24, 2.45) is 7.05 Å². The van der Waals surface area contributed by atoms with Crippen molar-refractivity contribution in [2.75, 3.05) is 29.7 Å². The van der Waals surface area contributed by atoms with Crippen LogP contribution in [0.15, 0.2) is 0 Å². The van der Waals surface area contributed by atoms with Crippen LogP contribution in [0.3, 0.4) is 0 Å². The summed E-state index contributed by atoms with van der Waals surface area (Å²) in [6, 6.07) is 0.507. The van der Waals surface area contributed by atoms with Crippen LogP contribution in [-0.4, -0.2) is 34.9 Å². The Labute approximate surface area is 115 Å². The number of nitrogen functional groups attached to an aromatic ring is 1. The Hall–Kier alpha value is -0.840. The van der Waals surface area contributed by atoms with Gasteiger partial charge < -0.3 is 10.6 Å². The van der Waals surface area contributed by atoms with Gasteiger partial charge in [-0.1, -0.05) is 20.3 Å². The molecule has 2 N–H and O–H groups in total. The Morgan fingerprint density at radius 1 is 1.44 bits per heavy atom. The number of aromatic nitrogens is 2. The molecule has 1 aromatic heterocycles. The fraction of sp³-hybridized carbons (Fsp3) is 0.769. The number of anilines is 2. The van der Waals surface area contributed by atoms with Crippen molar-refractivity contribution in [3.05, 3.63) is 5.69 Å². The molecule has 0 saturated carbocycles. The molecule has 0 aliphatic carbocycles. The molecule has 0 amide bonds. The molecule has 0 aliphatic rings. The van der Waals surface area contributed by atoms with E-state index in [1.54, 1.807) is 0 Å². The Morgan fingerprint density at radius 3 is 2.61 bits per heavy atom. The molecule has 1 aromatic rings. The van der Waals surface area contributed by atoms with Crippen LogP contribution in [0.1, 0.15) is 32.4 Å². The summed E-state index contributed by atoms with van der Waals surface area (Å²) in [5.74, 6) is 2.17. The fourth-order valence-electron chi connectivity index (χ4n) is 2.29. The molecule has 104 valence electrons. The van der Waals surface area contributed by atoms with E-state index in [9.17, 15) is 0 Å². The van der Waals surface area contributed by atoms with Crippen LogP contribution in [0.2, 0.25) is 0 Å². The zero-order valence-electron chi connectivity index (χ0n) is 12.2. The van der Waals surface area contributed by atoms with Crippen molar-refractivity contribution in [3.63, 3.8) is 0 Å². The van der Waals surface area contributed by atoms with Gasteiger partial charge in [-0.05, 0) is 19.1 Å². The number of hydrogen-bond acceptors (Lipinski definition) is 4. The molecule has 1 unspecified atom stereocenters. The summed E-state index contributed by atoms with van der Waals surface area (Å²) < 4.78 is 1.92. The average Bonchev–Trinajstić information content (AvgIpc) is 2.61. The third-order valence-electron chi connectivity index (χ3n) is 3.33. The lowest BCUT2D eigenvalue weighted by atomic mass is 10.2. The molecule has 0 aromatic carbocycles. The molecule has 1 heterocycles. The second-order valence-electron chi connectivity index (χ2n) is 4.69. The van der Waals surface area contributed by atoms with E-state index < -0.39 is 0 Å². The quantitative estimate of drug-likeness (QED) is 0.827. The van der Waals surface area contributed by atoms with Crippen LogP contribution < -0.4 is 10.6 Å². The molecule has 0 saturated heterocycles. The highest BCUT2D eigenvalue weighted by Gasteiger charge is 2.21. The van der Waals surface area contributed by atoms with Crippen molar-refractivity contribution < 1.29 is 0 Å². The second kappa shape index (κ2) is 6.92.